The fraction of sp³-hybridized carbons (Fsp3) is 0.200. The molecule has 0 fully saturated rings. The van der Waals surface area contributed by atoms with Gasteiger partial charge in [0.25, 0.3) is 0 Å². The van der Waals surface area contributed by atoms with E-state index in [9.17, 15) is 0 Å². The Morgan fingerprint density at radius 2 is 2.27 bits per heavy atom. The van der Waals surface area contributed by atoms with Crippen molar-refractivity contribution in [1.29, 1.82) is 0 Å². The quantitative estimate of drug-likeness (QED) is 0.455. The van der Waals surface area contributed by atoms with Crippen molar-refractivity contribution >= 4 is 15.9 Å². The van der Waals surface area contributed by atoms with Gasteiger partial charge < -0.3 is 0 Å². The largest absolute Gasteiger partial charge is 0.0863 e. The number of rotatable bonds is 0. The fourth-order valence-electron chi connectivity index (χ4n) is 0.858. The van der Waals surface area contributed by atoms with Crippen molar-refractivity contribution < 1.29 is 0 Å². The summed E-state index contributed by atoms with van der Waals surface area (Å²) in [5.74, 6) is 6.00. The van der Waals surface area contributed by atoms with E-state index in [1.54, 1.807) is 0 Å². The summed E-state index contributed by atoms with van der Waals surface area (Å²) in [6, 6.07) is 8.19. The summed E-state index contributed by atoms with van der Waals surface area (Å²) in [6.07, 6.45) is 0. The van der Waals surface area contributed by atoms with Crippen LogP contribution in [0.1, 0.15) is 11.1 Å². The molecule has 0 unspecified atom stereocenters. The highest BCUT2D eigenvalue weighted by molar-refractivity contribution is 9.09. The van der Waals surface area contributed by atoms with Crippen molar-refractivity contribution in [3.8, 4) is 11.8 Å². The van der Waals surface area contributed by atoms with Crippen molar-refractivity contribution in [1.82, 2.24) is 0 Å². The molecule has 0 nitrogen and oxygen atoms in total. The van der Waals surface area contributed by atoms with Crippen LogP contribution in [0.15, 0.2) is 24.3 Å². The first kappa shape index (κ1) is 8.36. The van der Waals surface area contributed by atoms with Crippen molar-refractivity contribution in [2.45, 2.75) is 6.92 Å². The van der Waals surface area contributed by atoms with Crippen LogP contribution >= 0.6 is 15.9 Å². The number of alkyl halides is 1. The van der Waals surface area contributed by atoms with E-state index in [0.29, 0.717) is 0 Å². The standard InChI is InChI=1S/C10H9Br/c1-9-4-2-5-10(8-9)6-3-7-11/h2,4-5,8H,7H2,1H3. The molecule has 0 aliphatic carbocycles. The molecule has 0 aliphatic rings. The van der Waals surface area contributed by atoms with Crippen LogP contribution in [0, 0.1) is 18.8 Å². The van der Waals surface area contributed by atoms with Crippen LogP contribution < -0.4 is 0 Å². The number of aryl methyl sites for hydroxylation is 1. The highest BCUT2D eigenvalue weighted by atomic mass is 79.9. The van der Waals surface area contributed by atoms with Crippen molar-refractivity contribution in [2.24, 2.45) is 0 Å². The Labute approximate surface area is 75.8 Å². The smallest absolute Gasteiger partial charge is 0.0649 e. The fourth-order valence-corrected chi connectivity index (χ4v) is 0.998. The summed E-state index contributed by atoms with van der Waals surface area (Å²) in [5.41, 5.74) is 2.34. The van der Waals surface area contributed by atoms with E-state index in [2.05, 4.69) is 46.8 Å². The normalized spacial score (nSPS) is 8.55. The minimum Gasteiger partial charge on any atom is -0.0863 e. The molecular weight excluding hydrogens is 200 g/mol. The highest BCUT2D eigenvalue weighted by Gasteiger charge is 1.85. The molecule has 0 radical (unpaired) electrons. The summed E-state index contributed by atoms with van der Waals surface area (Å²) in [7, 11) is 0. The third-order valence-corrected chi connectivity index (χ3v) is 1.60. The zero-order valence-electron chi connectivity index (χ0n) is 6.39. The molecule has 0 aliphatic heterocycles. The maximum Gasteiger partial charge on any atom is 0.0649 e. The van der Waals surface area contributed by atoms with Gasteiger partial charge in [-0.2, -0.15) is 0 Å². The molecule has 0 saturated heterocycles. The highest BCUT2D eigenvalue weighted by Crippen LogP contribution is 2.01. The predicted molar refractivity (Wildman–Crippen MR) is 51.9 cm³/mol. The van der Waals surface area contributed by atoms with Gasteiger partial charge in [-0.15, -0.1) is 0 Å². The number of benzene rings is 1. The zero-order chi connectivity index (χ0) is 8.10. The Kier molecular flexibility index (Phi) is 3.19. The third kappa shape index (κ3) is 2.78. The van der Waals surface area contributed by atoms with Crippen LogP contribution in [0.3, 0.4) is 0 Å². The summed E-state index contributed by atoms with van der Waals surface area (Å²) in [6.45, 7) is 2.07. The molecule has 1 heteroatoms. The first-order valence-corrected chi connectivity index (χ1v) is 4.56. The van der Waals surface area contributed by atoms with E-state index in [4.69, 9.17) is 0 Å². The van der Waals surface area contributed by atoms with E-state index in [0.717, 1.165) is 10.9 Å². The van der Waals surface area contributed by atoms with Gasteiger partial charge in [0.2, 0.25) is 0 Å². The van der Waals surface area contributed by atoms with Gasteiger partial charge in [0.15, 0.2) is 0 Å². The van der Waals surface area contributed by atoms with Crippen LogP contribution in [0.25, 0.3) is 0 Å². The van der Waals surface area contributed by atoms with Gasteiger partial charge >= 0.3 is 0 Å². The van der Waals surface area contributed by atoms with Crippen LogP contribution in [-0.2, 0) is 0 Å². The molecule has 0 bridgehead atoms. The lowest BCUT2D eigenvalue weighted by molar-refractivity contribution is 1.45. The molecule has 56 valence electrons. The van der Waals surface area contributed by atoms with Gasteiger partial charge in [-0.25, -0.2) is 0 Å². The van der Waals surface area contributed by atoms with Crippen molar-refractivity contribution in [3.63, 3.8) is 0 Å². The molecule has 0 heterocycles. The summed E-state index contributed by atoms with van der Waals surface area (Å²) >= 11 is 3.25. The summed E-state index contributed by atoms with van der Waals surface area (Å²) in [4.78, 5) is 0. The molecule has 11 heavy (non-hydrogen) atoms. The topological polar surface area (TPSA) is 0 Å². The molecule has 1 rings (SSSR count). The monoisotopic (exact) mass is 208 g/mol. The van der Waals surface area contributed by atoms with Crippen molar-refractivity contribution in [2.75, 3.05) is 5.33 Å². The second kappa shape index (κ2) is 4.20. The van der Waals surface area contributed by atoms with Crippen molar-refractivity contribution in [3.05, 3.63) is 35.4 Å². The maximum absolute atomic E-state index is 3.25. The van der Waals surface area contributed by atoms with Crippen LogP contribution in [0.5, 0.6) is 0 Å². The maximum atomic E-state index is 3.25. The van der Waals surface area contributed by atoms with Gasteiger partial charge in [0, 0.05) is 5.56 Å². The Morgan fingerprint density at radius 1 is 1.45 bits per heavy atom. The molecule has 0 N–H and O–H groups in total. The average Bonchev–Trinajstić information content (AvgIpc) is 2.01. The summed E-state index contributed by atoms with van der Waals surface area (Å²) in [5, 5.41) is 0.737. The molecule has 0 atom stereocenters. The van der Waals surface area contributed by atoms with Crippen LogP contribution in [0.2, 0.25) is 0 Å². The Bertz CT molecular complexity index is 291. The molecule has 0 aromatic heterocycles. The first-order chi connectivity index (χ1) is 5.33. The Hall–Kier alpha value is -0.740. The summed E-state index contributed by atoms with van der Waals surface area (Å²) < 4.78 is 0. The van der Waals surface area contributed by atoms with Gasteiger partial charge in [-0.1, -0.05) is 39.9 Å². The van der Waals surface area contributed by atoms with Gasteiger partial charge in [-0.3, -0.25) is 0 Å². The van der Waals surface area contributed by atoms with E-state index >= 15 is 0 Å². The molecule has 0 amide bonds. The minimum atomic E-state index is 0.737. The van der Waals surface area contributed by atoms with E-state index in [1.165, 1.54) is 5.56 Å². The van der Waals surface area contributed by atoms with Crippen LogP contribution in [-0.4, -0.2) is 5.33 Å². The molecule has 0 spiro atoms. The van der Waals surface area contributed by atoms with E-state index in [-0.39, 0.29) is 0 Å². The lowest BCUT2D eigenvalue weighted by Crippen LogP contribution is -1.75. The second-order valence-corrected chi connectivity index (χ2v) is 2.87. The van der Waals surface area contributed by atoms with E-state index in [1.807, 2.05) is 12.1 Å². The average molecular weight is 209 g/mol. The molecule has 1 aromatic rings. The SMILES string of the molecule is Cc1cccc(C#CCBr)c1. The molecule has 1 aromatic carbocycles. The first-order valence-electron chi connectivity index (χ1n) is 3.44. The van der Waals surface area contributed by atoms with Gasteiger partial charge in [-0.05, 0) is 24.6 Å². The molecular formula is C10H9Br. The molecule has 0 saturated carbocycles. The minimum absolute atomic E-state index is 0.737. The van der Waals surface area contributed by atoms with Gasteiger partial charge in [0.05, 0.1) is 5.33 Å². The van der Waals surface area contributed by atoms with E-state index < -0.39 is 0 Å². The zero-order valence-corrected chi connectivity index (χ0v) is 7.98. The lowest BCUT2D eigenvalue weighted by atomic mass is 10.1. The number of hydrogen-bond donors (Lipinski definition) is 0. The van der Waals surface area contributed by atoms with Gasteiger partial charge in [0.1, 0.15) is 0 Å². The lowest BCUT2D eigenvalue weighted by Gasteiger charge is -1.91. The number of halogens is 1. The van der Waals surface area contributed by atoms with Crippen LogP contribution in [0.4, 0.5) is 0 Å². The predicted octanol–water partition coefficient (Wildman–Crippen LogP) is 2.74. The Morgan fingerprint density at radius 3 is 2.91 bits per heavy atom. The Balaban J connectivity index is 2.87. The third-order valence-electron chi connectivity index (χ3n) is 1.32. The number of hydrogen-bond acceptors (Lipinski definition) is 0. The second-order valence-electron chi connectivity index (χ2n) is 2.30.